The highest BCUT2D eigenvalue weighted by Gasteiger charge is 2.11. The van der Waals surface area contributed by atoms with Gasteiger partial charge in [-0.25, -0.2) is 0 Å². The molecule has 4 N–H and O–H groups in total. The summed E-state index contributed by atoms with van der Waals surface area (Å²) in [7, 11) is 0. The van der Waals surface area contributed by atoms with Gasteiger partial charge in [0.25, 0.3) is 0 Å². The average molecular weight is 246 g/mol. The SMILES string of the molecule is N#Cc1cccc(CN(CC(N)=O)CC(N)=O)c1. The number of hydrogen-bond acceptors (Lipinski definition) is 4. The fourth-order valence-electron chi connectivity index (χ4n) is 1.61. The van der Waals surface area contributed by atoms with Crippen LogP contribution in [0, 0.1) is 11.3 Å². The highest BCUT2D eigenvalue weighted by Crippen LogP contribution is 2.07. The molecular formula is C12H14N4O2. The third-order valence-corrected chi connectivity index (χ3v) is 2.22. The van der Waals surface area contributed by atoms with Crippen molar-refractivity contribution in [2.75, 3.05) is 13.1 Å². The number of benzene rings is 1. The van der Waals surface area contributed by atoms with Crippen LogP contribution in [0.25, 0.3) is 0 Å². The molecule has 18 heavy (non-hydrogen) atoms. The largest absolute Gasteiger partial charge is 0.369 e. The summed E-state index contributed by atoms with van der Waals surface area (Å²) in [6, 6.07) is 8.92. The van der Waals surface area contributed by atoms with Crippen molar-refractivity contribution in [2.24, 2.45) is 11.5 Å². The lowest BCUT2D eigenvalue weighted by atomic mass is 10.1. The smallest absolute Gasteiger partial charge is 0.231 e. The number of hydrogen-bond donors (Lipinski definition) is 2. The molecule has 1 aromatic carbocycles. The number of rotatable bonds is 6. The molecule has 94 valence electrons. The quantitative estimate of drug-likeness (QED) is 0.693. The van der Waals surface area contributed by atoms with E-state index in [0.717, 1.165) is 5.56 Å². The van der Waals surface area contributed by atoms with E-state index >= 15 is 0 Å². The highest BCUT2D eigenvalue weighted by molar-refractivity contribution is 5.79. The predicted octanol–water partition coefficient (Wildman–Crippen LogP) is -0.669. The Morgan fingerprint density at radius 1 is 1.22 bits per heavy atom. The second-order valence-electron chi connectivity index (χ2n) is 3.89. The number of amides is 2. The molecule has 0 saturated heterocycles. The minimum atomic E-state index is -0.535. The molecule has 1 aromatic rings. The summed E-state index contributed by atoms with van der Waals surface area (Å²) in [6.45, 7) is 0.223. The van der Waals surface area contributed by atoms with Gasteiger partial charge in [-0.2, -0.15) is 5.26 Å². The van der Waals surface area contributed by atoms with Crippen molar-refractivity contribution in [1.82, 2.24) is 4.90 Å². The summed E-state index contributed by atoms with van der Waals surface area (Å²) in [5, 5.41) is 8.78. The molecule has 2 amide bonds. The molecule has 6 heteroatoms. The van der Waals surface area contributed by atoms with Crippen molar-refractivity contribution < 1.29 is 9.59 Å². The Balaban J connectivity index is 2.78. The highest BCUT2D eigenvalue weighted by atomic mass is 16.2. The van der Waals surface area contributed by atoms with E-state index < -0.39 is 11.8 Å². The lowest BCUT2D eigenvalue weighted by Crippen LogP contribution is -2.39. The lowest BCUT2D eigenvalue weighted by molar-refractivity contribution is -0.122. The molecule has 0 aliphatic rings. The summed E-state index contributed by atoms with van der Waals surface area (Å²) < 4.78 is 0. The Labute approximate surface area is 105 Å². The Hall–Kier alpha value is -2.39. The van der Waals surface area contributed by atoms with Gasteiger partial charge in [0, 0.05) is 6.54 Å². The predicted molar refractivity (Wildman–Crippen MR) is 64.8 cm³/mol. The topological polar surface area (TPSA) is 113 Å². The van der Waals surface area contributed by atoms with E-state index in [9.17, 15) is 9.59 Å². The van der Waals surface area contributed by atoms with Crippen molar-refractivity contribution in [2.45, 2.75) is 6.54 Å². The summed E-state index contributed by atoms with van der Waals surface area (Å²) >= 11 is 0. The van der Waals surface area contributed by atoms with Gasteiger partial charge in [0.1, 0.15) is 0 Å². The molecular weight excluding hydrogens is 232 g/mol. The van der Waals surface area contributed by atoms with Crippen LogP contribution in [0.1, 0.15) is 11.1 Å². The maximum absolute atomic E-state index is 10.9. The van der Waals surface area contributed by atoms with Crippen molar-refractivity contribution >= 4 is 11.8 Å². The van der Waals surface area contributed by atoms with Gasteiger partial charge in [-0.3, -0.25) is 14.5 Å². The van der Waals surface area contributed by atoms with Crippen LogP contribution in [0.3, 0.4) is 0 Å². The van der Waals surface area contributed by atoms with Gasteiger partial charge in [-0.05, 0) is 17.7 Å². The average Bonchev–Trinajstić information content (AvgIpc) is 2.27. The van der Waals surface area contributed by atoms with Crippen LogP contribution in [-0.2, 0) is 16.1 Å². The van der Waals surface area contributed by atoms with Crippen LogP contribution in [0.15, 0.2) is 24.3 Å². The van der Waals surface area contributed by atoms with Crippen molar-refractivity contribution in [3.8, 4) is 6.07 Å². The third kappa shape index (κ3) is 4.63. The van der Waals surface area contributed by atoms with E-state index in [4.69, 9.17) is 16.7 Å². The summed E-state index contributed by atoms with van der Waals surface area (Å²) in [6.07, 6.45) is 0. The number of primary amides is 2. The second-order valence-corrected chi connectivity index (χ2v) is 3.89. The zero-order valence-corrected chi connectivity index (χ0v) is 9.80. The molecule has 1 rings (SSSR count). The van der Waals surface area contributed by atoms with E-state index in [-0.39, 0.29) is 13.1 Å². The minimum absolute atomic E-state index is 0.0558. The van der Waals surface area contributed by atoms with E-state index in [0.29, 0.717) is 12.1 Å². The first kappa shape index (κ1) is 13.7. The Morgan fingerprint density at radius 2 is 1.83 bits per heavy atom. The second kappa shape index (κ2) is 6.37. The molecule has 0 fully saturated rings. The zero-order valence-electron chi connectivity index (χ0n) is 9.80. The van der Waals surface area contributed by atoms with Crippen LogP contribution in [-0.4, -0.2) is 29.8 Å². The Kier molecular flexibility index (Phi) is 4.84. The molecule has 0 aliphatic heterocycles. The lowest BCUT2D eigenvalue weighted by Gasteiger charge is -2.18. The number of nitrogens with zero attached hydrogens (tertiary/aromatic N) is 2. The zero-order chi connectivity index (χ0) is 13.5. The molecule has 0 aliphatic carbocycles. The van der Waals surface area contributed by atoms with Crippen LogP contribution in [0.5, 0.6) is 0 Å². The maximum atomic E-state index is 10.9. The number of carbonyl (C=O) groups excluding carboxylic acids is 2. The minimum Gasteiger partial charge on any atom is -0.369 e. The van der Waals surface area contributed by atoms with Gasteiger partial charge >= 0.3 is 0 Å². The Morgan fingerprint density at radius 3 is 2.33 bits per heavy atom. The first-order valence-corrected chi connectivity index (χ1v) is 5.29. The number of carbonyl (C=O) groups is 2. The summed E-state index contributed by atoms with van der Waals surface area (Å²) in [4.78, 5) is 23.3. The van der Waals surface area contributed by atoms with Crippen LogP contribution < -0.4 is 11.5 Å². The maximum Gasteiger partial charge on any atom is 0.231 e. The molecule has 0 atom stereocenters. The van der Waals surface area contributed by atoms with Gasteiger partial charge in [0.15, 0.2) is 0 Å². The fraction of sp³-hybridized carbons (Fsp3) is 0.250. The van der Waals surface area contributed by atoms with Gasteiger partial charge in [-0.15, -0.1) is 0 Å². The molecule has 0 bridgehead atoms. The Bertz CT molecular complexity index is 477. The first-order chi connectivity index (χ1) is 8.51. The van der Waals surface area contributed by atoms with E-state index in [1.54, 1.807) is 24.3 Å². The summed E-state index contributed by atoms with van der Waals surface area (Å²) in [5.41, 5.74) is 11.5. The van der Waals surface area contributed by atoms with Gasteiger partial charge in [0.05, 0.1) is 24.7 Å². The number of nitriles is 1. The van der Waals surface area contributed by atoms with Crippen molar-refractivity contribution in [3.05, 3.63) is 35.4 Å². The normalized spacial score (nSPS) is 10.0. The van der Waals surface area contributed by atoms with Gasteiger partial charge in [0.2, 0.25) is 11.8 Å². The van der Waals surface area contributed by atoms with Crippen LogP contribution in [0.2, 0.25) is 0 Å². The first-order valence-electron chi connectivity index (χ1n) is 5.29. The van der Waals surface area contributed by atoms with Crippen molar-refractivity contribution in [1.29, 1.82) is 5.26 Å². The van der Waals surface area contributed by atoms with Crippen LogP contribution >= 0.6 is 0 Å². The van der Waals surface area contributed by atoms with Gasteiger partial charge in [-0.1, -0.05) is 12.1 Å². The van der Waals surface area contributed by atoms with E-state index in [1.165, 1.54) is 4.90 Å². The third-order valence-electron chi connectivity index (χ3n) is 2.22. The van der Waals surface area contributed by atoms with Crippen LogP contribution in [0.4, 0.5) is 0 Å². The van der Waals surface area contributed by atoms with E-state index in [2.05, 4.69) is 0 Å². The molecule has 0 saturated carbocycles. The molecule has 6 nitrogen and oxygen atoms in total. The fourth-order valence-corrected chi connectivity index (χ4v) is 1.61. The molecule has 0 heterocycles. The van der Waals surface area contributed by atoms with E-state index in [1.807, 2.05) is 6.07 Å². The number of nitrogens with two attached hydrogens (primary N) is 2. The standard InChI is InChI=1S/C12H14N4O2/c13-5-9-2-1-3-10(4-9)6-16(7-11(14)17)8-12(15)18/h1-4H,6-8H2,(H2,14,17)(H2,15,18). The monoisotopic (exact) mass is 246 g/mol. The van der Waals surface area contributed by atoms with Gasteiger partial charge < -0.3 is 11.5 Å². The molecule has 0 spiro atoms. The summed E-state index contributed by atoms with van der Waals surface area (Å²) in [5.74, 6) is -1.07. The molecule has 0 unspecified atom stereocenters. The molecule has 0 aromatic heterocycles. The molecule has 0 radical (unpaired) electrons. The van der Waals surface area contributed by atoms with Crippen molar-refractivity contribution in [3.63, 3.8) is 0 Å².